The van der Waals surface area contributed by atoms with Gasteiger partial charge in [-0.05, 0) is 62.9 Å². The molecule has 0 bridgehead atoms. The number of carbonyl (C=O) groups is 2. The van der Waals surface area contributed by atoms with Crippen LogP contribution in [0.2, 0.25) is 0 Å². The Bertz CT molecular complexity index is 1070. The lowest BCUT2D eigenvalue weighted by Crippen LogP contribution is -2.51. The molecular weight excluding hydrogens is 478 g/mol. The Labute approximate surface area is 215 Å². The topological polar surface area (TPSA) is 96.0 Å². The second-order valence-electron chi connectivity index (χ2n) is 9.05. The Morgan fingerprint density at radius 1 is 1.00 bits per heavy atom. The van der Waals surface area contributed by atoms with Crippen molar-refractivity contribution in [3.8, 4) is 5.75 Å². The van der Waals surface area contributed by atoms with Crippen LogP contribution in [0.3, 0.4) is 0 Å². The van der Waals surface area contributed by atoms with Crippen molar-refractivity contribution in [1.82, 2.24) is 10.2 Å². The number of sulfonamides is 1. The Kier molecular flexibility index (Phi) is 11.2. The molecular formula is C27H39N3O5S. The lowest BCUT2D eigenvalue weighted by atomic mass is 10.1. The number of hydrogen-bond donors (Lipinski definition) is 1. The largest absolute Gasteiger partial charge is 0.497 e. The summed E-state index contributed by atoms with van der Waals surface area (Å²) >= 11 is 0. The number of nitrogens with one attached hydrogen (secondary N) is 1. The molecule has 36 heavy (non-hydrogen) atoms. The molecule has 1 atom stereocenters. The molecule has 0 aliphatic rings. The van der Waals surface area contributed by atoms with Crippen LogP contribution < -0.4 is 14.4 Å². The summed E-state index contributed by atoms with van der Waals surface area (Å²) in [5, 5.41) is 2.92. The van der Waals surface area contributed by atoms with Crippen LogP contribution in [-0.4, -0.2) is 63.7 Å². The molecule has 0 radical (unpaired) electrons. The summed E-state index contributed by atoms with van der Waals surface area (Å²) in [6.07, 6.45) is 2.71. The van der Waals surface area contributed by atoms with E-state index in [-0.39, 0.29) is 30.8 Å². The van der Waals surface area contributed by atoms with Gasteiger partial charge in [0.1, 0.15) is 11.8 Å². The van der Waals surface area contributed by atoms with E-state index < -0.39 is 16.1 Å². The molecule has 2 rings (SSSR count). The Morgan fingerprint density at radius 3 is 2.17 bits per heavy atom. The van der Waals surface area contributed by atoms with E-state index in [0.29, 0.717) is 37.2 Å². The fourth-order valence-corrected chi connectivity index (χ4v) is 4.99. The molecule has 2 aromatic carbocycles. The summed E-state index contributed by atoms with van der Waals surface area (Å²) in [6.45, 7) is 6.22. The molecule has 0 saturated heterocycles. The minimum Gasteiger partial charge on any atom is -0.497 e. The van der Waals surface area contributed by atoms with Crippen LogP contribution in [-0.2, 0) is 26.0 Å². The molecule has 2 aromatic rings. The Balaban J connectivity index is 2.15. The van der Waals surface area contributed by atoms with Gasteiger partial charge in [0.05, 0.1) is 19.1 Å². The molecule has 0 unspecified atom stereocenters. The maximum absolute atomic E-state index is 13.4. The predicted octanol–water partition coefficient (Wildman–Crippen LogP) is 3.62. The van der Waals surface area contributed by atoms with Crippen LogP contribution in [0.1, 0.15) is 45.6 Å². The summed E-state index contributed by atoms with van der Waals surface area (Å²) < 4.78 is 31.3. The van der Waals surface area contributed by atoms with Gasteiger partial charge in [-0.15, -0.1) is 0 Å². The molecule has 0 saturated carbocycles. The highest BCUT2D eigenvalue weighted by molar-refractivity contribution is 7.92. The molecule has 0 aliphatic heterocycles. The van der Waals surface area contributed by atoms with Crippen LogP contribution in [0.15, 0.2) is 54.6 Å². The van der Waals surface area contributed by atoms with Gasteiger partial charge in [0.15, 0.2) is 0 Å². The molecule has 0 aliphatic carbocycles. The average Bonchev–Trinajstić information content (AvgIpc) is 2.83. The Hall–Kier alpha value is -3.07. The predicted molar refractivity (Wildman–Crippen MR) is 144 cm³/mol. The van der Waals surface area contributed by atoms with E-state index in [4.69, 9.17) is 4.74 Å². The number of nitrogens with zero attached hydrogens (tertiary/aromatic N) is 2. The van der Waals surface area contributed by atoms with Crippen molar-refractivity contribution in [1.29, 1.82) is 0 Å². The van der Waals surface area contributed by atoms with E-state index in [1.165, 1.54) is 4.31 Å². The van der Waals surface area contributed by atoms with Crippen LogP contribution in [0.25, 0.3) is 0 Å². The van der Waals surface area contributed by atoms with Crippen molar-refractivity contribution < 1.29 is 22.7 Å². The second-order valence-corrected chi connectivity index (χ2v) is 11.0. The molecule has 0 fully saturated rings. The average molecular weight is 518 g/mol. The standard InChI is InChI=1S/C27H39N3O5S/c1-6-25(27(32)28-21(2)3)29(20-18-22-11-8-7-9-12-22)26(31)13-10-19-30(36(5,33)34)23-14-16-24(35-4)17-15-23/h7-9,11-12,14-17,21,25H,6,10,13,18-20H2,1-5H3,(H,28,32)/t25-/m1/s1. The van der Waals surface area contributed by atoms with E-state index in [0.717, 1.165) is 11.8 Å². The quantitative estimate of drug-likeness (QED) is 0.413. The molecule has 0 aromatic heterocycles. The van der Waals surface area contributed by atoms with Crippen molar-refractivity contribution in [2.24, 2.45) is 0 Å². The first-order chi connectivity index (χ1) is 17.1. The lowest BCUT2D eigenvalue weighted by molar-refractivity contribution is -0.141. The van der Waals surface area contributed by atoms with E-state index in [9.17, 15) is 18.0 Å². The number of anilines is 1. The number of benzene rings is 2. The van der Waals surface area contributed by atoms with Gasteiger partial charge in [-0.3, -0.25) is 13.9 Å². The number of carbonyl (C=O) groups excluding carboxylic acids is 2. The normalized spacial score (nSPS) is 12.2. The fraction of sp³-hybridized carbons (Fsp3) is 0.481. The van der Waals surface area contributed by atoms with Crippen molar-refractivity contribution in [3.05, 3.63) is 60.2 Å². The summed E-state index contributed by atoms with van der Waals surface area (Å²) in [7, 11) is -2.00. The van der Waals surface area contributed by atoms with Gasteiger partial charge in [-0.1, -0.05) is 37.3 Å². The van der Waals surface area contributed by atoms with E-state index in [2.05, 4.69) is 5.32 Å². The van der Waals surface area contributed by atoms with Crippen LogP contribution in [0, 0.1) is 0 Å². The highest BCUT2D eigenvalue weighted by Gasteiger charge is 2.28. The number of ether oxygens (including phenoxy) is 1. The Morgan fingerprint density at radius 2 is 1.64 bits per heavy atom. The van der Waals surface area contributed by atoms with Crippen LogP contribution in [0.4, 0.5) is 5.69 Å². The van der Waals surface area contributed by atoms with Crippen molar-refractivity contribution >= 4 is 27.5 Å². The first-order valence-electron chi connectivity index (χ1n) is 12.3. The molecule has 198 valence electrons. The van der Waals surface area contributed by atoms with E-state index in [1.807, 2.05) is 51.1 Å². The smallest absolute Gasteiger partial charge is 0.242 e. The van der Waals surface area contributed by atoms with Gasteiger partial charge in [0, 0.05) is 25.6 Å². The van der Waals surface area contributed by atoms with E-state index >= 15 is 0 Å². The van der Waals surface area contributed by atoms with Crippen molar-refractivity contribution in [2.45, 2.75) is 58.5 Å². The lowest BCUT2D eigenvalue weighted by Gasteiger charge is -2.31. The minimum absolute atomic E-state index is 0.0366. The zero-order valence-corrected chi connectivity index (χ0v) is 22.8. The third kappa shape index (κ3) is 8.86. The molecule has 2 amide bonds. The van der Waals surface area contributed by atoms with Crippen LogP contribution in [0.5, 0.6) is 5.75 Å². The SMILES string of the molecule is CC[C@H](C(=O)NC(C)C)N(CCc1ccccc1)C(=O)CCCN(c1ccc(OC)cc1)S(C)(=O)=O. The van der Waals surface area contributed by atoms with Gasteiger partial charge in [0.25, 0.3) is 0 Å². The second kappa shape index (κ2) is 13.9. The summed E-state index contributed by atoms with van der Waals surface area (Å²) in [6, 6.07) is 16.0. The highest BCUT2D eigenvalue weighted by atomic mass is 32.2. The van der Waals surface area contributed by atoms with E-state index in [1.54, 1.807) is 36.3 Å². The van der Waals surface area contributed by atoms with Crippen molar-refractivity contribution in [3.63, 3.8) is 0 Å². The maximum atomic E-state index is 13.4. The number of amides is 2. The van der Waals surface area contributed by atoms with Gasteiger partial charge in [-0.25, -0.2) is 8.42 Å². The zero-order valence-electron chi connectivity index (χ0n) is 21.9. The highest BCUT2D eigenvalue weighted by Crippen LogP contribution is 2.22. The number of methoxy groups -OCH3 is 1. The summed E-state index contributed by atoms with van der Waals surface area (Å²) in [4.78, 5) is 27.9. The summed E-state index contributed by atoms with van der Waals surface area (Å²) in [5.41, 5.74) is 1.59. The third-order valence-electron chi connectivity index (χ3n) is 5.81. The maximum Gasteiger partial charge on any atom is 0.242 e. The van der Waals surface area contributed by atoms with Gasteiger partial charge in [0.2, 0.25) is 21.8 Å². The molecule has 0 heterocycles. The molecule has 9 heteroatoms. The molecule has 8 nitrogen and oxygen atoms in total. The van der Waals surface area contributed by atoms with Crippen LogP contribution >= 0.6 is 0 Å². The van der Waals surface area contributed by atoms with Gasteiger partial charge < -0.3 is 15.0 Å². The summed E-state index contributed by atoms with van der Waals surface area (Å²) in [5.74, 6) is 0.284. The fourth-order valence-electron chi connectivity index (χ4n) is 4.03. The van der Waals surface area contributed by atoms with Crippen molar-refractivity contribution in [2.75, 3.05) is 30.8 Å². The van der Waals surface area contributed by atoms with Gasteiger partial charge in [-0.2, -0.15) is 0 Å². The monoisotopic (exact) mass is 517 g/mol. The number of rotatable bonds is 14. The number of hydrogen-bond acceptors (Lipinski definition) is 5. The van der Waals surface area contributed by atoms with Gasteiger partial charge >= 0.3 is 0 Å². The third-order valence-corrected chi connectivity index (χ3v) is 7.01. The minimum atomic E-state index is -3.55. The zero-order chi connectivity index (χ0) is 26.7. The first-order valence-corrected chi connectivity index (χ1v) is 14.2. The first kappa shape index (κ1) is 29.2. The molecule has 1 N–H and O–H groups in total. The molecule has 0 spiro atoms.